The van der Waals surface area contributed by atoms with Gasteiger partial charge in [-0.3, -0.25) is 4.40 Å². The average Bonchev–Trinajstić information content (AvgIpc) is 2.82. The minimum absolute atomic E-state index is 0.997. The van der Waals surface area contributed by atoms with Crippen LogP contribution in [0.1, 0.15) is 18.3 Å². The number of fused-ring (bicyclic) bond motifs is 3. The zero-order valence-electron chi connectivity index (χ0n) is 10.3. The Morgan fingerprint density at radius 2 is 2.00 bits per heavy atom. The fourth-order valence-electron chi connectivity index (χ4n) is 2.42. The number of imidazole rings is 2. The van der Waals surface area contributed by atoms with E-state index in [0.29, 0.717) is 0 Å². The van der Waals surface area contributed by atoms with Crippen LogP contribution in [0.5, 0.6) is 0 Å². The Hall–Kier alpha value is -2.03. The summed E-state index contributed by atoms with van der Waals surface area (Å²) in [5.41, 5.74) is 4.66. The maximum atomic E-state index is 4.67. The van der Waals surface area contributed by atoms with Gasteiger partial charge in [-0.25, -0.2) is 4.98 Å². The van der Waals surface area contributed by atoms with Crippen molar-refractivity contribution in [3.8, 4) is 0 Å². The third kappa shape index (κ3) is 1.25. The van der Waals surface area contributed by atoms with Crippen LogP contribution in [-0.2, 0) is 7.05 Å². The van der Waals surface area contributed by atoms with Gasteiger partial charge in [-0.15, -0.1) is 0 Å². The molecule has 17 heavy (non-hydrogen) atoms. The number of hydrogen-bond donors (Lipinski definition) is 0. The maximum Gasteiger partial charge on any atom is 0.215 e. The molecule has 0 saturated heterocycles. The van der Waals surface area contributed by atoms with Crippen molar-refractivity contribution in [2.24, 2.45) is 7.05 Å². The molecule has 0 amide bonds. The Kier molecular flexibility index (Phi) is 2.08. The lowest BCUT2D eigenvalue weighted by Crippen LogP contribution is -1.91. The molecule has 3 aromatic rings. The minimum atomic E-state index is 0.997. The third-order valence-corrected chi connectivity index (χ3v) is 3.24. The van der Waals surface area contributed by atoms with Crippen LogP contribution in [0.15, 0.2) is 30.3 Å². The fourth-order valence-corrected chi connectivity index (χ4v) is 2.42. The Morgan fingerprint density at radius 3 is 2.76 bits per heavy atom. The number of rotatable bonds is 1. The van der Waals surface area contributed by atoms with Crippen molar-refractivity contribution < 1.29 is 0 Å². The summed E-state index contributed by atoms with van der Waals surface area (Å²) in [6.45, 7) is 4.17. The molecule has 0 aliphatic rings. The first-order valence-electron chi connectivity index (χ1n) is 5.79. The normalized spacial score (nSPS) is 12.2. The number of aryl methyl sites for hydroxylation is 2. The molecule has 0 saturated carbocycles. The van der Waals surface area contributed by atoms with Gasteiger partial charge >= 0.3 is 0 Å². The zero-order chi connectivity index (χ0) is 12.0. The molecule has 86 valence electrons. The molecule has 1 aromatic carbocycles. The SMILES string of the molecule is CC=Cc1c(C)n2c3ccccc3nc2n1C. The molecule has 0 N–H and O–H groups in total. The van der Waals surface area contributed by atoms with Crippen LogP contribution < -0.4 is 0 Å². The van der Waals surface area contributed by atoms with E-state index in [2.05, 4.69) is 58.3 Å². The molecular formula is C14H15N3. The minimum Gasteiger partial charge on any atom is -0.313 e. The molecule has 0 aliphatic carbocycles. The van der Waals surface area contributed by atoms with Gasteiger partial charge in [0.15, 0.2) is 0 Å². The lowest BCUT2D eigenvalue weighted by atomic mass is 10.3. The van der Waals surface area contributed by atoms with E-state index in [1.165, 1.54) is 16.9 Å². The van der Waals surface area contributed by atoms with E-state index < -0.39 is 0 Å². The first-order valence-corrected chi connectivity index (χ1v) is 5.79. The second-order valence-corrected chi connectivity index (χ2v) is 4.27. The summed E-state index contributed by atoms with van der Waals surface area (Å²) in [5.74, 6) is 0.997. The molecule has 3 nitrogen and oxygen atoms in total. The summed E-state index contributed by atoms with van der Waals surface area (Å²) in [6, 6.07) is 8.24. The molecular weight excluding hydrogens is 210 g/mol. The predicted octanol–water partition coefficient (Wildman–Crippen LogP) is 3.17. The summed E-state index contributed by atoms with van der Waals surface area (Å²) in [6.07, 6.45) is 4.18. The molecule has 0 spiro atoms. The highest BCUT2D eigenvalue weighted by Crippen LogP contribution is 2.23. The molecule has 3 rings (SSSR count). The van der Waals surface area contributed by atoms with Gasteiger partial charge in [-0.2, -0.15) is 0 Å². The first-order chi connectivity index (χ1) is 8.24. The molecule has 0 atom stereocenters. The Morgan fingerprint density at radius 1 is 1.24 bits per heavy atom. The van der Waals surface area contributed by atoms with Crippen LogP contribution in [0.4, 0.5) is 0 Å². The van der Waals surface area contributed by atoms with E-state index >= 15 is 0 Å². The molecule has 2 aromatic heterocycles. The summed E-state index contributed by atoms with van der Waals surface area (Å²) in [7, 11) is 2.06. The maximum absolute atomic E-state index is 4.67. The van der Waals surface area contributed by atoms with Crippen molar-refractivity contribution in [3.63, 3.8) is 0 Å². The number of aromatic nitrogens is 3. The molecule has 0 bridgehead atoms. The average molecular weight is 225 g/mol. The number of para-hydroxylation sites is 2. The second-order valence-electron chi connectivity index (χ2n) is 4.27. The Labute approximate surface area is 100 Å². The van der Waals surface area contributed by atoms with Gasteiger partial charge in [-0.05, 0) is 32.1 Å². The largest absolute Gasteiger partial charge is 0.313 e. The summed E-state index contributed by atoms with van der Waals surface area (Å²) in [4.78, 5) is 4.67. The van der Waals surface area contributed by atoms with Crippen molar-refractivity contribution in [2.75, 3.05) is 0 Å². The highest BCUT2D eigenvalue weighted by molar-refractivity contribution is 5.81. The van der Waals surface area contributed by atoms with Crippen LogP contribution in [0.2, 0.25) is 0 Å². The monoisotopic (exact) mass is 225 g/mol. The van der Waals surface area contributed by atoms with Crippen molar-refractivity contribution >= 4 is 22.9 Å². The highest BCUT2D eigenvalue weighted by Gasteiger charge is 2.13. The van der Waals surface area contributed by atoms with Gasteiger partial charge in [0.25, 0.3) is 0 Å². The topological polar surface area (TPSA) is 22.2 Å². The van der Waals surface area contributed by atoms with Crippen LogP contribution in [0.25, 0.3) is 22.9 Å². The second kappa shape index (κ2) is 3.48. The molecule has 0 aliphatic heterocycles. The van der Waals surface area contributed by atoms with Gasteiger partial charge in [0, 0.05) is 12.7 Å². The lowest BCUT2D eigenvalue weighted by molar-refractivity contribution is 0.927. The van der Waals surface area contributed by atoms with Crippen LogP contribution in [0, 0.1) is 6.92 Å². The Bertz CT molecular complexity index is 729. The van der Waals surface area contributed by atoms with Crippen molar-refractivity contribution in [1.82, 2.24) is 14.0 Å². The Balaban J connectivity index is 2.52. The van der Waals surface area contributed by atoms with Gasteiger partial charge in [0.05, 0.1) is 16.7 Å². The highest BCUT2D eigenvalue weighted by atomic mass is 15.2. The molecule has 0 fully saturated rings. The molecule has 2 heterocycles. The number of hydrogen-bond acceptors (Lipinski definition) is 1. The molecule has 0 radical (unpaired) electrons. The van der Waals surface area contributed by atoms with Crippen molar-refractivity contribution in [2.45, 2.75) is 13.8 Å². The molecule has 0 unspecified atom stereocenters. The summed E-state index contributed by atoms with van der Waals surface area (Å²) >= 11 is 0. The zero-order valence-corrected chi connectivity index (χ0v) is 10.3. The third-order valence-electron chi connectivity index (χ3n) is 3.24. The number of benzene rings is 1. The van der Waals surface area contributed by atoms with Crippen molar-refractivity contribution in [1.29, 1.82) is 0 Å². The lowest BCUT2D eigenvalue weighted by Gasteiger charge is -1.97. The van der Waals surface area contributed by atoms with E-state index in [1.807, 2.05) is 13.0 Å². The first kappa shape index (κ1) is 10.1. The van der Waals surface area contributed by atoms with Crippen LogP contribution in [-0.4, -0.2) is 14.0 Å². The van der Waals surface area contributed by atoms with E-state index in [4.69, 9.17) is 0 Å². The number of allylic oxidation sites excluding steroid dienone is 1. The number of nitrogens with zero attached hydrogens (tertiary/aromatic N) is 3. The van der Waals surface area contributed by atoms with Gasteiger partial charge in [0.1, 0.15) is 0 Å². The van der Waals surface area contributed by atoms with Gasteiger partial charge < -0.3 is 4.57 Å². The quantitative estimate of drug-likeness (QED) is 0.623. The van der Waals surface area contributed by atoms with E-state index in [-0.39, 0.29) is 0 Å². The van der Waals surface area contributed by atoms with E-state index in [0.717, 1.165) is 11.3 Å². The fraction of sp³-hybridized carbons (Fsp3) is 0.214. The summed E-state index contributed by atoms with van der Waals surface area (Å²) in [5, 5.41) is 0. The molecule has 3 heteroatoms. The summed E-state index contributed by atoms with van der Waals surface area (Å²) < 4.78 is 4.35. The smallest absolute Gasteiger partial charge is 0.215 e. The standard InChI is InChI=1S/C14H15N3/c1-4-7-12-10(2)17-13-9-6-5-8-11(13)15-14(17)16(12)3/h4-9H,1-3H3. The predicted molar refractivity (Wildman–Crippen MR) is 71.1 cm³/mol. The van der Waals surface area contributed by atoms with Gasteiger partial charge in [0.2, 0.25) is 5.78 Å². The van der Waals surface area contributed by atoms with Gasteiger partial charge in [-0.1, -0.05) is 18.2 Å². The van der Waals surface area contributed by atoms with E-state index in [1.54, 1.807) is 0 Å². The van der Waals surface area contributed by atoms with Crippen LogP contribution >= 0.6 is 0 Å². The van der Waals surface area contributed by atoms with Crippen molar-refractivity contribution in [3.05, 3.63) is 41.7 Å². The van der Waals surface area contributed by atoms with Crippen LogP contribution in [0.3, 0.4) is 0 Å². The van der Waals surface area contributed by atoms with E-state index in [9.17, 15) is 0 Å².